The molecule has 3 rings (SSSR count). The van der Waals surface area contributed by atoms with Crippen LogP contribution in [0.2, 0.25) is 0 Å². The summed E-state index contributed by atoms with van der Waals surface area (Å²) in [5.74, 6) is 0. The Morgan fingerprint density at radius 1 is 1.06 bits per heavy atom. The first-order valence-electron chi connectivity index (χ1n) is 4.73. The van der Waals surface area contributed by atoms with Crippen molar-refractivity contribution in [3.05, 3.63) is 39.3 Å². The molecule has 0 atom stereocenters. The summed E-state index contributed by atoms with van der Waals surface area (Å²) < 4.78 is 7.44. The van der Waals surface area contributed by atoms with Crippen molar-refractivity contribution in [2.24, 2.45) is 0 Å². The van der Waals surface area contributed by atoms with Gasteiger partial charge in [0, 0.05) is 15.2 Å². The molecule has 0 radical (unpaired) electrons. The number of halogens is 2. The van der Waals surface area contributed by atoms with Crippen molar-refractivity contribution in [3.8, 4) is 0 Å². The fourth-order valence-electron chi connectivity index (χ4n) is 1.80. The summed E-state index contributed by atoms with van der Waals surface area (Å²) in [4.78, 5) is 0. The summed E-state index contributed by atoms with van der Waals surface area (Å²) in [7, 11) is 0. The lowest BCUT2D eigenvalue weighted by Crippen LogP contribution is -1.88. The van der Waals surface area contributed by atoms with Crippen LogP contribution in [0, 0.1) is 0 Å². The van der Waals surface area contributed by atoms with Crippen LogP contribution in [0.15, 0.2) is 43.7 Å². The van der Waals surface area contributed by atoms with Crippen molar-refractivity contribution < 1.29 is 4.42 Å². The molecule has 80 valence electrons. The van der Waals surface area contributed by atoms with Gasteiger partial charge < -0.3 is 10.2 Å². The van der Waals surface area contributed by atoms with Gasteiger partial charge in [-0.1, -0.05) is 18.2 Å². The first kappa shape index (κ1) is 10.2. The average molecular weight is 341 g/mol. The van der Waals surface area contributed by atoms with E-state index in [1.54, 1.807) is 0 Å². The lowest BCUT2D eigenvalue weighted by atomic mass is 10.1. The molecule has 0 unspecified atom stereocenters. The highest BCUT2D eigenvalue weighted by Gasteiger charge is 2.13. The number of fused-ring (bicyclic) bond motifs is 3. The van der Waals surface area contributed by atoms with Gasteiger partial charge in [0.2, 0.25) is 0 Å². The molecule has 0 spiro atoms. The van der Waals surface area contributed by atoms with E-state index in [2.05, 4.69) is 31.9 Å². The van der Waals surface area contributed by atoms with E-state index in [4.69, 9.17) is 10.2 Å². The number of rotatable bonds is 0. The van der Waals surface area contributed by atoms with Crippen LogP contribution in [0.3, 0.4) is 0 Å². The molecular weight excluding hydrogens is 334 g/mol. The van der Waals surface area contributed by atoms with Gasteiger partial charge >= 0.3 is 0 Å². The van der Waals surface area contributed by atoms with Crippen LogP contribution in [-0.2, 0) is 0 Å². The van der Waals surface area contributed by atoms with E-state index in [1.807, 2.05) is 30.3 Å². The van der Waals surface area contributed by atoms with Gasteiger partial charge in [-0.25, -0.2) is 0 Å². The predicted molar refractivity (Wildman–Crippen MR) is 73.5 cm³/mol. The van der Waals surface area contributed by atoms with Gasteiger partial charge in [-0.15, -0.1) is 0 Å². The van der Waals surface area contributed by atoms with E-state index in [-0.39, 0.29) is 0 Å². The molecule has 0 saturated heterocycles. The number of nitrogens with two attached hydrogens (primary N) is 1. The molecule has 16 heavy (non-hydrogen) atoms. The third kappa shape index (κ3) is 1.30. The van der Waals surface area contributed by atoms with Crippen molar-refractivity contribution in [2.45, 2.75) is 0 Å². The maximum atomic E-state index is 5.92. The Balaban J connectivity index is 2.60. The third-order valence-corrected chi connectivity index (χ3v) is 4.04. The Labute approximate surface area is 109 Å². The second kappa shape index (κ2) is 3.50. The van der Waals surface area contributed by atoms with Gasteiger partial charge in [0.15, 0.2) is 5.58 Å². The zero-order valence-electron chi connectivity index (χ0n) is 8.13. The lowest BCUT2D eigenvalue weighted by Gasteiger charge is -2.01. The number of nitrogen functional groups attached to an aromatic ring is 1. The molecule has 2 aromatic carbocycles. The lowest BCUT2D eigenvalue weighted by molar-refractivity contribution is 0.667. The van der Waals surface area contributed by atoms with Gasteiger partial charge in [-0.3, -0.25) is 0 Å². The Bertz CT molecular complexity index is 703. The first-order chi connectivity index (χ1) is 7.68. The van der Waals surface area contributed by atoms with Crippen LogP contribution in [0.25, 0.3) is 21.9 Å². The molecule has 0 bridgehead atoms. The monoisotopic (exact) mass is 339 g/mol. The van der Waals surface area contributed by atoms with Crippen molar-refractivity contribution in [3.63, 3.8) is 0 Å². The van der Waals surface area contributed by atoms with E-state index in [0.29, 0.717) is 5.69 Å². The van der Waals surface area contributed by atoms with Crippen LogP contribution in [0.1, 0.15) is 0 Å². The molecule has 0 aliphatic rings. The average Bonchev–Trinajstić information content (AvgIpc) is 2.65. The number of benzene rings is 2. The van der Waals surface area contributed by atoms with Crippen LogP contribution >= 0.6 is 31.9 Å². The van der Waals surface area contributed by atoms with Gasteiger partial charge in [-0.05, 0) is 44.0 Å². The molecule has 2 N–H and O–H groups in total. The first-order valence-corrected chi connectivity index (χ1v) is 6.32. The fourth-order valence-corrected chi connectivity index (χ4v) is 3.00. The van der Waals surface area contributed by atoms with Gasteiger partial charge in [-0.2, -0.15) is 0 Å². The SMILES string of the molecule is Nc1c(Br)cc2c(oc3ccccc32)c1Br. The highest BCUT2D eigenvalue weighted by atomic mass is 79.9. The third-order valence-electron chi connectivity index (χ3n) is 2.60. The smallest absolute Gasteiger partial charge is 0.151 e. The molecule has 0 fully saturated rings. The highest BCUT2D eigenvalue weighted by Crippen LogP contribution is 2.40. The van der Waals surface area contributed by atoms with E-state index in [1.165, 1.54) is 0 Å². The molecule has 4 heteroatoms. The number of hydrogen-bond acceptors (Lipinski definition) is 2. The zero-order valence-corrected chi connectivity index (χ0v) is 11.3. The molecule has 0 saturated carbocycles. The van der Waals surface area contributed by atoms with Crippen molar-refractivity contribution in [1.82, 2.24) is 0 Å². The highest BCUT2D eigenvalue weighted by molar-refractivity contribution is 9.11. The second-order valence-corrected chi connectivity index (χ2v) is 5.21. The van der Waals surface area contributed by atoms with Crippen molar-refractivity contribution in [1.29, 1.82) is 0 Å². The summed E-state index contributed by atoms with van der Waals surface area (Å²) in [6.45, 7) is 0. The standard InChI is InChI=1S/C12H7Br2NO/c13-8-5-7-6-3-1-2-4-9(6)16-12(7)10(14)11(8)15/h1-5H,15H2. The van der Waals surface area contributed by atoms with Crippen LogP contribution in [-0.4, -0.2) is 0 Å². The second-order valence-electron chi connectivity index (χ2n) is 3.56. The molecule has 0 aliphatic carbocycles. The summed E-state index contributed by atoms with van der Waals surface area (Å²) >= 11 is 6.90. The fraction of sp³-hybridized carbons (Fsp3) is 0. The summed E-state index contributed by atoms with van der Waals surface area (Å²) in [6.07, 6.45) is 0. The van der Waals surface area contributed by atoms with Crippen LogP contribution < -0.4 is 5.73 Å². The molecule has 1 heterocycles. The van der Waals surface area contributed by atoms with E-state index in [0.717, 1.165) is 30.9 Å². The molecule has 1 aromatic heterocycles. The molecular formula is C12H7Br2NO. The maximum absolute atomic E-state index is 5.92. The Morgan fingerprint density at radius 3 is 2.62 bits per heavy atom. The predicted octanol–water partition coefficient (Wildman–Crippen LogP) is 4.69. The molecule has 0 aliphatic heterocycles. The number of hydrogen-bond donors (Lipinski definition) is 1. The number of anilines is 1. The minimum absolute atomic E-state index is 0.659. The van der Waals surface area contributed by atoms with Crippen LogP contribution in [0.5, 0.6) is 0 Å². The topological polar surface area (TPSA) is 39.2 Å². The quantitative estimate of drug-likeness (QED) is 0.603. The van der Waals surface area contributed by atoms with Gasteiger partial charge in [0.1, 0.15) is 5.58 Å². The molecule has 3 aromatic rings. The molecule has 2 nitrogen and oxygen atoms in total. The Kier molecular flexibility index (Phi) is 2.23. The van der Waals surface area contributed by atoms with E-state index >= 15 is 0 Å². The number of para-hydroxylation sites is 1. The zero-order chi connectivity index (χ0) is 11.3. The summed E-state index contributed by atoms with van der Waals surface area (Å²) in [6, 6.07) is 9.93. The maximum Gasteiger partial charge on any atom is 0.151 e. The summed E-state index contributed by atoms with van der Waals surface area (Å²) in [5, 5.41) is 2.16. The number of furan rings is 1. The molecule has 0 amide bonds. The Hall–Kier alpha value is -1.00. The minimum Gasteiger partial charge on any atom is -0.455 e. The largest absolute Gasteiger partial charge is 0.455 e. The van der Waals surface area contributed by atoms with Gasteiger partial charge in [0.25, 0.3) is 0 Å². The van der Waals surface area contributed by atoms with Crippen LogP contribution in [0.4, 0.5) is 5.69 Å². The van der Waals surface area contributed by atoms with Crippen molar-refractivity contribution >= 4 is 59.5 Å². The van der Waals surface area contributed by atoms with Gasteiger partial charge in [0.05, 0.1) is 10.2 Å². The minimum atomic E-state index is 0.659. The van der Waals surface area contributed by atoms with Crippen molar-refractivity contribution in [2.75, 3.05) is 5.73 Å². The van der Waals surface area contributed by atoms with E-state index in [9.17, 15) is 0 Å². The summed E-state index contributed by atoms with van der Waals surface area (Å²) in [5.41, 5.74) is 8.24. The Morgan fingerprint density at radius 2 is 1.81 bits per heavy atom. The normalized spacial score (nSPS) is 11.4. The van der Waals surface area contributed by atoms with E-state index < -0.39 is 0 Å².